The van der Waals surface area contributed by atoms with Gasteiger partial charge in [0.1, 0.15) is 5.69 Å². The lowest BCUT2D eigenvalue weighted by atomic mass is 10.2. The zero-order valence-corrected chi connectivity index (χ0v) is 14.6. The minimum absolute atomic E-state index is 0.120. The van der Waals surface area contributed by atoms with Gasteiger partial charge in [0.05, 0.1) is 5.69 Å². The summed E-state index contributed by atoms with van der Waals surface area (Å²) in [4.78, 5) is 32.1. The molecule has 2 aromatic heterocycles. The van der Waals surface area contributed by atoms with Crippen LogP contribution in [0.2, 0.25) is 0 Å². The molecule has 1 amide bonds. The number of hydrogen-bond acceptors (Lipinski definition) is 6. The highest BCUT2D eigenvalue weighted by atomic mass is 32.1. The highest BCUT2D eigenvalue weighted by Crippen LogP contribution is 2.25. The maximum atomic E-state index is 12.7. The molecule has 2 aromatic rings. The van der Waals surface area contributed by atoms with E-state index in [0.29, 0.717) is 19.6 Å². The van der Waals surface area contributed by atoms with Crippen LogP contribution in [0.4, 0.5) is 5.13 Å². The van der Waals surface area contributed by atoms with Crippen LogP contribution in [0.25, 0.3) is 0 Å². The molecule has 1 saturated heterocycles. The molecule has 3 heterocycles. The molecule has 1 N–H and O–H groups in total. The van der Waals surface area contributed by atoms with Gasteiger partial charge in [-0.1, -0.05) is 0 Å². The largest absolute Gasteiger partial charge is 0.476 e. The third kappa shape index (κ3) is 2.99. The van der Waals surface area contributed by atoms with Gasteiger partial charge >= 0.3 is 5.97 Å². The fourth-order valence-corrected chi connectivity index (χ4v) is 3.77. The molecular weight excluding hydrogens is 330 g/mol. The van der Waals surface area contributed by atoms with E-state index in [1.54, 1.807) is 23.3 Å². The maximum absolute atomic E-state index is 12.7. The number of piperazine rings is 1. The van der Waals surface area contributed by atoms with Crippen LogP contribution < -0.4 is 4.90 Å². The molecule has 0 bridgehead atoms. The van der Waals surface area contributed by atoms with E-state index in [2.05, 4.69) is 21.9 Å². The predicted molar refractivity (Wildman–Crippen MR) is 89.7 cm³/mol. The number of aromatic nitrogens is 3. The molecular formula is C15H19N5O3S. The lowest BCUT2D eigenvalue weighted by molar-refractivity contribution is 0.0687. The van der Waals surface area contributed by atoms with Gasteiger partial charge in [-0.05, 0) is 13.8 Å². The van der Waals surface area contributed by atoms with Crippen molar-refractivity contribution in [2.24, 2.45) is 7.05 Å². The Morgan fingerprint density at radius 2 is 2.12 bits per heavy atom. The summed E-state index contributed by atoms with van der Waals surface area (Å²) in [6.45, 7) is 5.85. The summed E-state index contributed by atoms with van der Waals surface area (Å²) in [7, 11) is 1.58. The molecule has 0 radical (unpaired) electrons. The zero-order chi connectivity index (χ0) is 17.4. The molecule has 128 valence electrons. The second kappa shape index (κ2) is 6.23. The van der Waals surface area contributed by atoms with Crippen molar-refractivity contribution in [3.05, 3.63) is 28.5 Å². The molecule has 24 heavy (non-hydrogen) atoms. The second-order valence-electron chi connectivity index (χ2n) is 5.91. The van der Waals surface area contributed by atoms with Crippen molar-refractivity contribution in [3.8, 4) is 0 Å². The van der Waals surface area contributed by atoms with Crippen LogP contribution in [0.15, 0.2) is 11.4 Å². The van der Waals surface area contributed by atoms with E-state index < -0.39 is 5.97 Å². The molecule has 8 nitrogen and oxygen atoms in total. The van der Waals surface area contributed by atoms with E-state index in [-0.39, 0.29) is 23.3 Å². The highest BCUT2D eigenvalue weighted by molar-refractivity contribution is 7.13. The molecule has 0 spiro atoms. The van der Waals surface area contributed by atoms with Crippen LogP contribution in [-0.2, 0) is 7.05 Å². The molecule has 0 saturated carbocycles. The maximum Gasteiger partial charge on any atom is 0.356 e. The van der Waals surface area contributed by atoms with E-state index in [4.69, 9.17) is 5.11 Å². The standard InChI is InChI=1S/C15H19N5O3S/c1-9-8-24-15(16-9)20-5-4-19(7-10(20)2)13(21)12-6-11(14(22)23)17-18(12)3/h6,8,10H,4-5,7H2,1-3H3,(H,22,23). The number of hydrogen-bond donors (Lipinski definition) is 1. The SMILES string of the molecule is Cc1csc(N2CCN(C(=O)c3cc(C(=O)O)nn3C)CC2C)n1. The summed E-state index contributed by atoms with van der Waals surface area (Å²) >= 11 is 1.61. The van der Waals surface area contributed by atoms with Crippen molar-refractivity contribution in [1.29, 1.82) is 0 Å². The van der Waals surface area contributed by atoms with Gasteiger partial charge < -0.3 is 14.9 Å². The number of carboxylic acids is 1. The molecule has 3 rings (SSSR count). The molecule has 9 heteroatoms. The van der Waals surface area contributed by atoms with E-state index in [9.17, 15) is 9.59 Å². The van der Waals surface area contributed by atoms with Crippen molar-refractivity contribution in [2.75, 3.05) is 24.5 Å². The molecule has 0 aliphatic carbocycles. The number of nitrogens with zero attached hydrogens (tertiary/aromatic N) is 5. The van der Waals surface area contributed by atoms with Crippen LogP contribution in [0.1, 0.15) is 33.6 Å². The molecule has 1 aliphatic rings. The van der Waals surface area contributed by atoms with Crippen LogP contribution in [0.3, 0.4) is 0 Å². The van der Waals surface area contributed by atoms with Crippen LogP contribution in [-0.4, -0.2) is 62.3 Å². The first-order valence-corrected chi connectivity index (χ1v) is 8.50. The van der Waals surface area contributed by atoms with Crippen molar-refractivity contribution in [1.82, 2.24) is 19.7 Å². The number of aryl methyl sites for hydroxylation is 2. The Bertz CT molecular complexity index is 784. The average molecular weight is 349 g/mol. The minimum Gasteiger partial charge on any atom is -0.476 e. The quantitative estimate of drug-likeness (QED) is 0.896. The van der Waals surface area contributed by atoms with Crippen molar-refractivity contribution in [2.45, 2.75) is 19.9 Å². The summed E-state index contributed by atoms with van der Waals surface area (Å²) in [6.07, 6.45) is 0. The summed E-state index contributed by atoms with van der Waals surface area (Å²) < 4.78 is 1.33. The van der Waals surface area contributed by atoms with Crippen LogP contribution >= 0.6 is 11.3 Å². The van der Waals surface area contributed by atoms with Gasteiger partial charge in [0.15, 0.2) is 10.8 Å². The van der Waals surface area contributed by atoms with Gasteiger partial charge in [0, 0.05) is 44.2 Å². The summed E-state index contributed by atoms with van der Waals surface area (Å²) in [5.74, 6) is -1.33. The third-order valence-electron chi connectivity index (χ3n) is 4.09. The Labute approximate surface area is 143 Å². The molecule has 1 aliphatic heterocycles. The van der Waals surface area contributed by atoms with E-state index in [1.165, 1.54) is 10.7 Å². The van der Waals surface area contributed by atoms with Gasteiger partial charge in [-0.2, -0.15) is 5.10 Å². The fraction of sp³-hybridized carbons (Fsp3) is 0.467. The van der Waals surface area contributed by atoms with Crippen LogP contribution in [0.5, 0.6) is 0 Å². The lowest BCUT2D eigenvalue weighted by Crippen LogP contribution is -2.54. The first-order valence-electron chi connectivity index (χ1n) is 7.62. The zero-order valence-electron chi connectivity index (χ0n) is 13.8. The molecule has 1 fully saturated rings. The number of rotatable bonds is 3. The first-order chi connectivity index (χ1) is 11.4. The Hall–Kier alpha value is -2.42. The number of carbonyl (C=O) groups is 2. The normalized spacial score (nSPS) is 18.0. The van der Waals surface area contributed by atoms with Crippen LogP contribution in [0, 0.1) is 6.92 Å². The first kappa shape index (κ1) is 16.4. The van der Waals surface area contributed by atoms with Crippen molar-refractivity contribution in [3.63, 3.8) is 0 Å². The Morgan fingerprint density at radius 1 is 1.38 bits per heavy atom. The summed E-state index contributed by atoms with van der Waals surface area (Å²) in [5.41, 5.74) is 1.17. The number of carbonyl (C=O) groups excluding carboxylic acids is 1. The van der Waals surface area contributed by atoms with Gasteiger partial charge in [0.2, 0.25) is 0 Å². The number of thiazole rings is 1. The van der Waals surface area contributed by atoms with Gasteiger partial charge in [-0.3, -0.25) is 9.48 Å². The molecule has 1 atom stereocenters. The topological polar surface area (TPSA) is 91.6 Å². The third-order valence-corrected chi connectivity index (χ3v) is 5.08. The highest BCUT2D eigenvalue weighted by Gasteiger charge is 2.30. The number of amides is 1. The number of anilines is 1. The van der Waals surface area contributed by atoms with Gasteiger partial charge in [0.25, 0.3) is 5.91 Å². The van der Waals surface area contributed by atoms with E-state index in [1.807, 2.05) is 12.3 Å². The van der Waals surface area contributed by atoms with E-state index in [0.717, 1.165) is 10.8 Å². The van der Waals surface area contributed by atoms with Crippen molar-refractivity contribution < 1.29 is 14.7 Å². The average Bonchev–Trinajstić information content (AvgIpc) is 3.12. The fourth-order valence-electron chi connectivity index (χ4n) is 2.83. The van der Waals surface area contributed by atoms with E-state index >= 15 is 0 Å². The smallest absolute Gasteiger partial charge is 0.356 e. The minimum atomic E-state index is -1.14. The van der Waals surface area contributed by atoms with Crippen molar-refractivity contribution >= 4 is 28.3 Å². The number of carboxylic acid groups (broad SMARTS) is 1. The Balaban J connectivity index is 1.73. The predicted octanol–water partition coefficient (Wildman–Crippen LogP) is 1.23. The summed E-state index contributed by atoms with van der Waals surface area (Å²) in [6, 6.07) is 1.46. The molecule has 1 unspecified atom stereocenters. The summed E-state index contributed by atoms with van der Waals surface area (Å²) in [5, 5.41) is 15.9. The Kier molecular flexibility index (Phi) is 4.27. The van der Waals surface area contributed by atoms with Gasteiger partial charge in [-0.25, -0.2) is 9.78 Å². The number of aromatic carboxylic acids is 1. The Morgan fingerprint density at radius 3 is 2.67 bits per heavy atom. The molecule has 0 aromatic carbocycles. The second-order valence-corrected chi connectivity index (χ2v) is 6.75. The van der Waals surface area contributed by atoms with Gasteiger partial charge in [-0.15, -0.1) is 11.3 Å². The monoisotopic (exact) mass is 349 g/mol. The lowest BCUT2D eigenvalue weighted by Gasteiger charge is -2.39.